The SMILES string of the molecule is CC(C)c1ccc(-c2nnn(Cc3cc(-c4ccco4)on3)n2)cc1. The molecule has 4 aromatic rings. The second kappa shape index (κ2) is 6.35. The number of aromatic nitrogens is 5. The van der Waals surface area contributed by atoms with Gasteiger partial charge in [0.1, 0.15) is 12.2 Å². The van der Waals surface area contributed by atoms with Crippen molar-refractivity contribution < 1.29 is 8.94 Å². The number of furan rings is 1. The van der Waals surface area contributed by atoms with Crippen LogP contribution in [-0.2, 0) is 6.54 Å². The molecule has 7 heteroatoms. The van der Waals surface area contributed by atoms with E-state index >= 15 is 0 Å². The van der Waals surface area contributed by atoms with Gasteiger partial charge in [0.15, 0.2) is 5.76 Å². The standard InChI is InChI=1S/C18H17N5O2/c1-12(2)13-5-7-14(8-6-13)18-19-22-23(20-18)11-15-10-17(25-21-15)16-4-3-9-24-16/h3-10,12H,11H2,1-2H3. The van der Waals surface area contributed by atoms with Crippen LogP contribution in [0.25, 0.3) is 22.9 Å². The Morgan fingerprint density at radius 2 is 1.92 bits per heavy atom. The molecule has 0 radical (unpaired) electrons. The zero-order valence-electron chi connectivity index (χ0n) is 14.0. The monoisotopic (exact) mass is 335 g/mol. The maximum absolute atomic E-state index is 5.29. The minimum absolute atomic E-state index is 0.376. The van der Waals surface area contributed by atoms with Crippen molar-refractivity contribution in [3.8, 4) is 22.9 Å². The van der Waals surface area contributed by atoms with Crippen molar-refractivity contribution >= 4 is 0 Å². The van der Waals surface area contributed by atoms with Crippen LogP contribution in [0.1, 0.15) is 31.0 Å². The van der Waals surface area contributed by atoms with E-state index in [1.165, 1.54) is 10.4 Å². The summed E-state index contributed by atoms with van der Waals surface area (Å²) in [5.74, 6) is 2.29. The van der Waals surface area contributed by atoms with Gasteiger partial charge in [0.05, 0.1) is 6.26 Å². The molecule has 0 spiro atoms. The Morgan fingerprint density at radius 1 is 1.08 bits per heavy atom. The Bertz CT molecular complexity index is 952. The molecule has 0 aliphatic carbocycles. The van der Waals surface area contributed by atoms with Crippen LogP contribution in [0.3, 0.4) is 0 Å². The van der Waals surface area contributed by atoms with Crippen molar-refractivity contribution in [3.05, 3.63) is 60.0 Å². The van der Waals surface area contributed by atoms with E-state index in [4.69, 9.17) is 8.94 Å². The van der Waals surface area contributed by atoms with Gasteiger partial charge in [-0.3, -0.25) is 0 Å². The van der Waals surface area contributed by atoms with Crippen molar-refractivity contribution in [2.75, 3.05) is 0 Å². The van der Waals surface area contributed by atoms with Gasteiger partial charge in [0.25, 0.3) is 0 Å². The van der Waals surface area contributed by atoms with Gasteiger partial charge in [-0.1, -0.05) is 43.3 Å². The van der Waals surface area contributed by atoms with Crippen molar-refractivity contribution in [2.24, 2.45) is 0 Å². The first-order valence-corrected chi connectivity index (χ1v) is 8.06. The molecular formula is C18H17N5O2. The number of nitrogens with zero attached hydrogens (tertiary/aromatic N) is 5. The number of benzene rings is 1. The van der Waals surface area contributed by atoms with Gasteiger partial charge in [-0.2, -0.15) is 4.80 Å². The minimum Gasteiger partial charge on any atom is -0.461 e. The summed E-state index contributed by atoms with van der Waals surface area (Å²) in [4.78, 5) is 1.50. The van der Waals surface area contributed by atoms with Crippen LogP contribution < -0.4 is 0 Å². The number of hydrogen-bond donors (Lipinski definition) is 0. The predicted molar refractivity (Wildman–Crippen MR) is 90.6 cm³/mol. The van der Waals surface area contributed by atoms with Crippen molar-refractivity contribution in [2.45, 2.75) is 26.3 Å². The fourth-order valence-corrected chi connectivity index (χ4v) is 2.51. The highest BCUT2D eigenvalue weighted by atomic mass is 16.5. The van der Waals surface area contributed by atoms with E-state index in [0.717, 1.165) is 5.56 Å². The molecule has 0 aliphatic rings. The van der Waals surface area contributed by atoms with E-state index in [2.05, 4.69) is 46.5 Å². The molecule has 0 atom stereocenters. The predicted octanol–water partition coefficient (Wildman–Crippen LogP) is 3.76. The highest BCUT2D eigenvalue weighted by Crippen LogP contribution is 2.21. The molecule has 4 rings (SSSR count). The normalized spacial score (nSPS) is 11.3. The maximum atomic E-state index is 5.29. The van der Waals surface area contributed by atoms with Gasteiger partial charge in [-0.05, 0) is 28.8 Å². The Balaban J connectivity index is 1.50. The topological polar surface area (TPSA) is 82.8 Å². The van der Waals surface area contributed by atoms with E-state index in [9.17, 15) is 0 Å². The molecule has 0 aliphatic heterocycles. The average Bonchev–Trinajstić information content (AvgIpc) is 3.37. The molecule has 0 unspecified atom stereocenters. The zero-order valence-corrected chi connectivity index (χ0v) is 14.0. The molecule has 7 nitrogen and oxygen atoms in total. The first kappa shape index (κ1) is 15.3. The van der Waals surface area contributed by atoms with Crippen LogP contribution in [0, 0.1) is 0 Å². The van der Waals surface area contributed by atoms with Gasteiger partial charge in [0.2, 0.25) is 11.6 Å². The summed E-state index contributed by atoms with van der Waals surface area (Å²) in [5.41, 5.74) is 2.92. The van der Waals surface area contributed by atoms with Crippen LogP contribution in [0.4, 0.5) is 0 Å². The summed E-state index contributed by atoms with van der Waals surface area (Å²) in [7, 11) is 0. The maximum Gasteiger partial charge on any atom is 0.204 e. The minimum atomic E-state index is 0.376. The van der Waals surface area contributed by atoms with Crippen LogP contribution in [0.2, 0.25) is 0 Å². The van der Waals surface area contributed by atoms with Crippen molar-refractivity contribution in [3.63, 3.8) is 0 Å². The molecule has 0 saturated heterocycles. The Kier molecular flexibility index (Phi) is 3.89. The van der Waals surface area contributed by atoms with Crippen LogP contribution in [0.5, 0.6) is 0 Å². The summed E-state index contributed by atoms with van der Waals surface area (Å²) >= 11 is 0. The zero-order chi connectivity index (χ0) is 17.2. The molecule has 0 bridgehead atoms. The molecule has 0 N–H and O–H groups in total. The summed E-state index contributed by atoms with van der Waals surface area (Å²) < 4.78 is 10.6. The Hall–Kier alpha value is -3.22. The summed E-state index contributed by atoms with van der Waals surface area (Å²) in [6.07, 6.45) is 1.59. The number of hydrogen-bond acceptors (Lipinski definition) is 6. The second-order valence-corrected chi connectivity index (χ2v) is 6.08. The highest BCUT2D eigenvalue weighted by molar-refractivity contribution is 5.54. The van der Waals surface area contributed by atoms with Gasteiger partial charge in [-0.25, -0.2) is 0 Å². The Labute approximate surface area is 144 Å². The van der Waals surface area contributed by atoms with E-state index in [1.807, 2.05) is 18.2 Å². The third kappa shape index (κ3) is 3.21. The van der Waals surface area contributed by atoms with Gasteiger partial charge in [0, 0.05) is 11.6 Å². The molecule has 25 heavy (non-hydrogen) atoms. The van der Waals surface area contributed by atoms with E-state index in [1.54, 1.807) is 18.4 Å². The quantitative estimate of drug-likeness (QED) is 0.552. The fraction of sp³-hybridized carbons (Fsp3) is 0.222. The van der Waals surface area contributed by atoms with E-state index in [0.29, 0.717) is 35.5 Å². The van der Waals surface area contributed by atoms with Crippen molar-refractivity contribution in [1.82, 2.24) is 25.4 Å². The average molecular weight is 335 g/mol. The lowest BCUT2D eigenvalue weighted by atomic mass is 10.0. The lowest BCUT2D eigenvalue weighted by molar-refractivity contribution is 0.404. The van der Waals surface area contributed by atoms with E-state index in [-0.39, 0.29) is 0 Å². The molecule has 126 valence electrons. The molecule has 3 heterocycles. The smallest absolute Gasteiger partial charge is 0.204 e. The number of tetrazole rings is 1. The first-order chi connectivity index (χ1) is 12.2. The lowest BCUT2D eigenvalue weighted by Gasteiger charge is -2.04. The van der Waals surface area contributed by atoms with Crippen LogP contribution in [0.15, 0.2) is 57.7 Å². The summed E-state index contributed by atoms with van der Waals surface area (Å²) in [6, 6.07) is 13.6. The van der Waals surface area contributed by atoms with Gasteiger partial charge in [-0.15, -0.1) is 10.2 Å². The first-order valence-electron chi connectivity index (χ1n) is 8.06. The summed E-state index contributed by atoms with van der Waals surface area (Å²) in [5, 5.41) is 16.6. The number of rotatable bonds is 5. The molecular weight excluding hydrogens is 318 g/mol. The highest BCUT2D eigenvalue weighted by Gasteiger charge is 2.12. The van der Waals surface area contributed by atoms with E-state index < -0.39 is 0 Å². The molecule has 1 aromatic carbocycles. The fourth-order valence-electron chi connectivity index (χ4n) is 2.51. The summed E-state index contributed by atoms with van der Waals surface area (Å²) in [6.45, 7) is 4.71. The molecule has 0 saturated carbocycles. The third-order valence-corrected chi connectivity index (χ3v) is 3.91. The molecule has 0 fully saturated rings. The third-order valence-electron chi connectivity index (χ3n) is 3.91. The van der Waals surface area contributed by atoms with Crippen molar-refractivity contribution in [1.29, 1.82) is 0 Å². The van der Waals surface area contributed by atoms with Crippen LogP contribution >= 0.6 is 0 Å². The van der Waals surface area contributed by atoms with Gasteiger partial charge >= 0.3 is 0 Å². The largest absolute Gasteiger partial charge is 0.461 e. The Morgan fingerprint density at radius 3 is 2.64 bits per heavy atom. The molecule has 3 aromatic heterocycles. The van der Waals surface area contributed by atoms with Gasteiger partial charge < -0.3 is 8.94 Å². The van der Waals surface area contributed by atoms with Crippen LogP contribution in [-0.4, -0.2) is 25.4 Å². The second-order valence-electron chi connectivity index (χ2n) is 6.08. The molecule has 0 amide bonds. The lowest BCUT2D eigenvalue weighted by Crippen LogP contribution is -2.04.